The number of aromatic carboxylic acids is 1. The number of pyridine rings is 1. The van der Waals surface area contributed by atoms with Gasteiger partial charge in [-0.15, -0.1) is 0 Å². The van der Waals surface area contributed by atoms with E-state index in [0.29, 0.717) is 12.4 Å². The second kappa shape index (κ2) is 5.35. The molecule has 1 aromatic heterocycles. The van der Waals surface area contributed by atoms with Crippen LogP contribution in [0.4, 0.5) is 5.82 Å². The number of likely N-dealkylation sites (N-methyl/N-ethyl adjacent to an activating group) is 1. The molecule has 0 aliphatic rings. The fourth-order valence-electron chi connectivity index (χ4n) is 1.48. The van der Waals surface area contributed by atoms with E-state index in [9.17, 15) is 4.79 Å². The van der Waals surface area contributed by atoms with Crippen LogP contribution in [0.2, 0.25) is 0 Å². The fraction of sp³-hybridized carbons (Fsp3) is 0.538. The van der Waals surface area contributed by atoms with Gasteiger partial charge in [0.15, 0.2) is 0 Å². The summed E-state index contributed by atoms with van der Waals surface area (Å²) in [4.78, 5) is 17.3. The van der Waals surface area contributed by atoms with Crippen LogP contribution in [0.3, 0.4) is 0 Å². The summed E-state index contributed by atoms with van der Waals surface area (Å²) in [5.41, 5.74) is 0.720. The van der Waals surface area contributed by atoms with Crippen molar-refractivity contribution >= 4 is 11.8 Å². The topological polar surface area (TPSA) is 73.7 Å². The van der Waals surface area contributed by atoms with E-state index in [1.807, 2.05) is 20.8 Å². The van der Waals surface area contributed by atoms with E-state index in [1.54, 1.807) is 18.0 Å². The molecule has 0 aromatic carbocycles. The van der Waals surface area contributed by atoms with Gasteiger partial charge in [0.25, 0.3) is 0 Å². The Labute approximate surface area is 107 Å². The van der Waals surface area contributed by atoms with Crippen LogP contribution in [0.5, 0.6) is 0 Å². The molecule has 2 N–H and O–H groups in total. The number of hydrogen-bond donors (Lipinski definition) is 2. The summed E-state index contributed by atoms with van der Waals surface area (Å²) in [7, 11) is 1.77. The van der Waals surface area contributed by atoms with Crippen molar-refractivity contribution in [2.75, 3.05) is 25.1 Å². The molecule has 5 heteroatoms. The lowest BCUT2D eigenvalue weighted by Crippen LogP contribution is -2.24. The van der Waals surface area contributed by atoms with Crippen molar-refractivity contribution in [2.24, 2.45) is 0 Å². The van der Waals surface area contributed by atoms with E-state index in [-0.39, 0.29) is 17.6 Å². The van der Waals surface area contributed by atoms with Crippen LogP contribution in [0.25, 0.3) is 0 Å². The van der Waals surface area contributed by atoms with E-state index < -0.39 is 5.97 Å². The first-order valence-corrected chi connectivity index (χ1v) is 5.83. The zero-order valence-corrected chi connectivity index (χ0v) is 11.3. The normalized spacial score (nSPS) is 11.4. The lowest BCUT2D eigenvalue weighted by molar-refractivity contribution is 0.0696. The summed E-state index contributed by atoms with van der Waals surface area (Å²) in [6, 6.07) is 3.12. The molecule has 0 saturated carbocycles. The van der Waals surface area contributed by atoms with Crippen LogP contribution in [-0.2, 0) is 5.41 Å². The minimum atomic E-state index is -0.971. The summed E-state index contributed by atoms with van der Waals surface area (Å²) in [6.07, 6.45) is 0. The molecule has 5 nitrogen and oxygen atoms in total. The van der Waals surface area contributed by atoms with Gasteiger partial charge in [-0.05, 0) is 12.1 Å². The molecule has 0 atom stereocenters. The number of nitrogens with zero attached hydrogens (tertiary/aromatic N) is 2. The Morgan fingerprint density at radius 3 is 2.44 bits per heavy atom. The van der Waals surface area contributed by atoms with Crippen molar-refractivity contribution in [3.63, 3.8) is 0 Å². The van der Waals surface area contributed by atoms with Crippen molar-refractivity contribution < 1.29 is 15.0 Å². The second-order valence-corrected chi connectivity index (χ2v) is 5.30. The Kier molecular flexibility index (Phi) is 4.29. The number of rotatable bonds is 4. The van der Waals surface area contributed by atoms with Crippen LogP contribution in [0, 0.1) is 0 Å². The highest BCUT2D eigenvalue weighted by molar-refractivity contribution is 5.88. The maximum Gasteiger partial charge on any atom is 0.335 e. The number of carbonyl (C=O) groups is 1. The Balaban J connectivity index is 3.27. The van der Waals surface area contributed by atoms with Gasteiger partial charge in [0.2, 0.25) is 0 Å². The van der Waals surface area contributed by atoms with Gasteiger partial charge in [0.1, 0.15) is 5.82 Å². The van der Waals surface area contributed by atoms with Crippen LogP contribution >= 0.6 is 0 Å². The first-order valence-electron chi connectivity index (χ1n) is 5.83. The Morgan fingerprint density at radius 1 is 1.39 bits per heavy atom. The monoisotopic (exact) mass is 252 g/mol. The van der Waals surface area contributed by atoms with Gasteiger partial charge in [-0.3, -0.25) is 0 Å². The highest BCUT2D eigenvalue weighted by atomic mass is 16.4. The maximum absolute atomic E-state index is 11.1. The quantitative estimate of drug-likeness (QED) is 0.849. The van der Waals surface area contributed by atoms with E-state index in [2.05, 4.69) is 4.98 Å². The number of aliphatic hydroxyl groups excluding tert-OH is 1. The summed E-state index contributed by atoms with van der Waals surface area (Å²) < 4.78 is 0. The highest BCUT2D eigenvalue weighted by Crippen LogP contribution is 2.24. The van der Waals surface area contributed by atoms with Gasteiger partial charge >= 0.3 is 5.97 Å². The third-order valence-electron chi connectivity index (χ3n) is 2.65. The molecule has 0 aliphatic heterocycles. The average molecular weight is 252 g/mol. The Morgan fingerprint density at radius 2 is 2.00 bits per heavy atom. The Bertz CT molecular complexity index is 438. The zero-order chi connectivity index (χ0) is 13.9. The van der Waals surface area contributed by atoms with Crippen molar-refractivity contribution in [1.82, 2.24) is 4.98 Å². The molecule has 0 aliphatic carbocycles. The molecule has 0 radical (unpaired) electrons. The van der Waals surface area contributed by atoms with E-state index in [4.69, 9.17) is 10.2 Å². The molecular formula is C13H20N2O3. The predicted molar refractivity (Wildman–Crippen MR) is 70.3 cm³/mol. The second-order valence-electron chi connectivity index (χ2n) is 5.30. The molecule has 1 aromatic rings. The van der Waals surface area contributed by atoms with Crippen molar-refractivity contribution in [3.8, 4) is 0 Å². The van der Waals surface area contributed by atoms with Crippen LogP contribution in [0.15, 0.2) is 12.1 Å². The van der Waals surface area contributed by atoms with Crippen LogP contribution in [0.1, 0.15) is 36.8 Å². The molecule has 1 heterocycles. The number of aromatic nitrogens is 1. The highest BCUT2D eigenvalue weighted by Gasteiger charge is 2.20. The third-order valence-corrected chi connectivity index (χ3v) is 2.65. The minimum Gasteiger partial charge on any atom is -0.478 e. The first kappa shape index (κ1) is 14.4. The molecule has 0 spiro atoms. The number of anilines is 1. The molecule has 18 heavy (non-hydrogen) atoms. The molecule has 100 valence electrons. The predicted octanol–water partition coefficient (Wildman–Crippen LogP) is 1.51. The van der Waals surface area contributed by atoms with E-state index in [0.717, 1.165) is 5.69 Å². The molecule has 0 fully saturated rings. The fourth-order valence-corrected chi connectivity index (χ4v) is 1.48. The van der Waals surface area contributed by atoms with Gasteiger partial charge in [-0.1, -0.05) is 20.8 Å². The lowest BCUT2D eigenvalue weighted by Gasteiger charge is -2.23. The van der Waals surface area contributed by atoms with Crippen molar-refractivity contribution in [2.45, 2.75) is 26.2 Å². The number of carboxylic acid groups (broad SMARTS) is 1. The van der Waals surface area contributed by atoms with Gasteiger partial charge in [-0.2, -0.15) is 0 Å². The van der Waals surface area contributed by atoms with Crippen LogP contribution in [-0.4, -0.2) is 41.4 Å². The summed E-state index contributed by atoms with van der Waals surface area (Å²) >= 11 is 0. The third kappa shape index (κ3) is 3.43. The standard InChI is InChI=1S/C13H20N2O3/c1-13(2,3)10-7-9(12(17)18)8-11(14-10)15(4)5-6-16/h7-8,16H,5-6H2,1-4H3,(H,17,18). The molecule has 1 rings (SSSR count). The van der Waals surface area contributed by atoms with Crippen LogP contribution < -0.4 is 4.90 Å². The largest absolute Gasteiger partial charge is 0.478 e. The number of carboxylic acids is 1. The molecule has 0 saturated heterocycles. The minimum absolute atomic E-state index is 0.000328. The van der Waals surface area contributed by atoms with Gasteiger partial charge in [0.05, 0.1) is 12.2 Å². The van der Waals surface area contributed by atoms with E-state index in [1.165, 1.54) is 6.07 Å². The summed E-state index contributed by atoms with van der Waals surface area (Å²) in [5.74, 6) is -0.407. The van der Waals surface area contributed by atoms with E-state index >= 15 is 0 Å². The lowest BCUT2D eigenvalue weighted by atomic mass is 9.90. The molecule has 0 bridgehead atoms. The molecule has 0 unspecified atom stereocenters. The first-order chi connectivity index (χ1) is 8.25. The van der Waals surface area contributed by atoms with Crippen molar-refractivity contribution in [3.05, 3.63) is 23.4 Å². The molecular weight excluding hydrogens is 232 g/mol. The van der Waals surface area contributed by atoms with Crippen molar-refractivity contribution in [1.29, 1.82) is 0 Å². The SMILES string of the molecule is CN(CCO)c1cc(C(=O)O)cc(C(C)(C)C)n1. The average Bonchev–Trinajstić information content (AvgIpc) is 2.27. The summed E-state index contributed by atoms with van der Waals surface area (Å²) in [5, 5.41) is 18.0. The van der Waals surface area contributed by atoms with Gasteiger partial charge < -0.3 is 15.1 Å². The Hall–Kier alpha value is -1.62. The summed E-state index contributed by atoms with van der Waals surface area (Å²) in [6.45, 7) is 6.37. The smallest absolute Gasteiger partial charge is 0.335 e. The van der Waals surface area contributed by atoms with Gasteiger partial charge in [0, 0.05) is 24.7 Å². The van der Waals surface area contributed by atoms with Gasteiger partial charge in [-0.25, -0.2) is 9.78 Å². The zero-order valence-electron chi connectivity index (χ0n) is 11.3. The number of aliphatic hydroxyl groups is 1. The molecule has 0 amide bonds. The number of hydrogen-bond acceptors (Lipinski definition) is 4. The maximum atomic E-state index is 11.1.